The molecule has 1 nitrogen and oxygen atoms in total. The zero-order chi connectivity index (χ0) is 14.3. The third-order valence-corrected chi connectivity index (χ3v) is 2.24. The Morgan fingerprint density at radius 3 is 2.40 bits per heavy atom. The number of hydrogen-bond donors (Lipinski definition) is 0. The highest BCUT2D eigenvalue weighted by Gasteiger charge is 2.33. The van der Waals surface area contributed by atoms with Crippen molar-refractivity contribution in [1.82, 2.24) is 4.90 Å². The quantitative estimate of drug-likeness (QED) is 0.733. The Kier molecular flexibility index (Phi) is 1.87. The van der Waals surface area contributed by atoms with Crippen LogP contribution >= 0.6 is 0 Å². The van der Waals surface area contributed by atoms with Crippen molar-refractivity contribution >= 4 is 0 Å². The van der Waals surface area contributed by atoms with Crippen molar-refractivity contribution < 1.29 is 14.3 Å². The van der Waals surface area contributed by atoms with Gasteiger partial charge in [0.05, 0.1) is 0 Å². The Morgan fingerprint density at radius 1 is 1.20 bits per heavy atom. The number of halogens is 2. The summed E-state index contributed by atoms with van der Waals surface area (Å²) in [6, 6.07) is 8.73. The van der Waals surface area contributed by atoms with E-state index in [1.165, 1.54) is 0 Å². The Balaban J connectivity index is 2.27. The molecule has 0 atom stereocenters. The van der Waals surface area contributed by atoms with Gasteiger partial charge in [0.25, 0.3) is 5.92 Å². The maximum atomic E-state index is 13.4. The van der Waals surface area contributed by atoms with Crippen molar-refractivity contribution in [2.75, 3.05) is 13.0 Å². The van der Waals surface area contributed by atoms with Crippen LogP contribution in [-0.2, 0) is 6.54 Å². The Hall–Kier alpha value is -0.960. The summed E-state index contributed by atoms with van der Waals surface area (Å²) in [5, 5.41) is 0. The van der Waals surface area contributed by atoms with Crippen molar-refractivity contribution in [2.24, 2.45) is 0 Å². The number of rotatable bonds is 2. The van der Waals surface area contributed by atoms with Gasteiger partial charge < -0.3 is 0 Å². The van der Waals surface area contributed by atoms with E-state index in [4.69, 9.17) is 5.48 Å². The first-order valence-electron chi connectivity index (χ1n) is 6.82. The molecule has 0 N–H and O–H groups in total. The summed E-state index contributed by atoms with van der Waals surface area (Å²) in [7, 11) is 0. The summed E-state index contributed by atoms with van der Waals surface area (Å²) in [6.07, 6.45) is -1.96. The van der Waals surface area contributed by atoms with Gasteiger partial charge in [-0.1, -0.05) is 30.3 Å². The molecular weight excluding hydrogens is 196 g/mol. The number of alkyl halides is 2. The Bertz CT molecular complexity index is 430. The molecule has 0 radical (unpaired) electrons. The fraction of sp³-hybridized carbons (Fsp3) is 0.500. The van der Waals surface area contributed by atoms with Gasteiger partial charge in [0, 0.05) is 37.9 Å². The van der Waals surface area contributed by atoms with Gasteiger partial charge in [-0.25, -0.2) is 8.78 Å². The van der Waals surface area contributed by atoms with Crippen LogP contribution in [0.25, 0.3) is 0 Å². The topological polar surface area (TPSA) is 3.24 Å². The predicted octanol–water partition coefficient (Wildman–Crippen LogP) is 2.92. The monoisotopic (exact) mass is 215 g/mol. The summed E-state index contributed by atoms with van der Waals surface area (Å²) in [5.41, 5.74) is 0.695. The summed E-state index contributed by atoms with van der Waals surface area (Å²) in [6.45, 7) is -4.78. The van der Waals surface area contributed by atoms with Crippen LogP contribution in [0, 0.1) is 0 Å². The van der Waals surface area contributed by atoms with E-state index in [2.05, 4.69) is 0 Å². The van der Waals surface area contributed by atoms with E-state index in [9.17, 15) is 8.78 Å². The first-order valence-corrected chi connectivity index (χ1v) is 4.82. The molecule has 82 valence electrons. The molecule has 1 aliphatic rings. The molecule has 0 bridgehead atoms. The molecule has 0 amide bonds. The van der Waals surface area contributed by atoms with Crippen LogP contribution in [0.4, 0.5) is 8.78 Å². The maximum Gasteiger partial charge on any atom is 0.250 e. The van der Waals surface area contributed by atoms with Gasteiger partial charge in [-0.05, 0) is 5.56 Å². The van der Waals surface area contributed by atoms with E-state index >= 15 is 0 Å². The van der Waals surface area contributed by atoms with Gasteiger partial charge in [-0.15, -0.1) is 0 Å². The molecule has 0 spiro atoms. The Morgan fingerprint density at radius 2 is 1.80 bits per heavy atom. The first kappa shape index (κ1) is 6.59. The molecule has 0 aromatic heterocycles. The van der Waals surface area contributed by atoms with Crippen LogP contribution < -0.4 is 0 Å². The number of piperidine rings is 1. The summed E-state index contributed by atoms with van der Waals surface area (Å²) >= 11 is 0. The molecule has 1 fully saturated rings. The smallest absolute Gasteiger partial charge is 0.250 e. The number of nitrogens with zero attached hydrogens (tertiary/aromatic N) is 1. The molecular formula is C12H15F2N. The molecule has 1 aromatic rings. The van der Waals surface area contributed by atoms with Crippen molar-refractivity contribution in [3.8, 4) is 0 Å². The number of hydrogen-bond acceptors (Lipinski definition) is 1. The molecule has 0 aliphatic carbocycles. The second kappa shape index (κ2) is 4.27. The van der Waals surface area contributed by atoms with Crippen LogP contribution in [0.3, 0.4) is 0 Å². The van der Waals surface area contributed by atoms with Crippen LogP contribution in [0.1, 0.15) is 23.9 Å². The van der Waals surface area contributed by atoms with Crippen molar-refractivity contribution in [1.29, 1.82) is 0 Å². The molecule has 0 saturated carbocycles. The second-order valence-electron chi connectivity index (χ2n) is 3.60. The van der Waals surface area contributed by atoms with E-state index in [1.54, 1.807) is 30.3 Å². The van der Waals surface area contributed by atoms with Crippen LogP contribution in [0.5, 0.6) is 0 Å². The van der Waals surface area contributed by atoms with E-state index in [0.717, 1.165) is 4.90 Å². The van der Waals surface area contributed by atoms with Crippen molar-refractivity contribution in [2.45, 2.75) is 25.3 Å². The predicted molar refractivity (Wildman–Crippen MR) is 55.9 cm³/mol. The number of benzene rings is 1. The highest BCUT2D eigenvalue weighted by molar-refractivity contribution is 5.14. The molecule has 1 aromatic carbocycles. The van der Waals surface area contributed by atoms with Gasteiger partial charge >= 0.3 is 0 Å². The maximum absolute atomic E-state index is 13.4. The zero-order valence-corrected chi connectivity index (χ0v) is 8.21. The van der Waals surface area contributed by atoms with E-state index in [-0.39, 0.29) is 6.54 Å². The molecule has 2 rings (SSSR count). The normalized spacial score (nSPS) is 32.1. The average molecular weight is 215 g/mol. The molecule has 1 aliphatic heterocycles. The van der Waals surface area contributed by atoms with Crippen molar-refractivity contribution in [3.05, 3.63) is 35.9 Å². The van der Waals surface area contributed by atoms with E-state index in [0.29, 0.717) is 5.56 Å². The molecule has 1 heterocycles. The zero-order valence-electron chi connectivity index (χ0n) is 12.2. The van der Waals surface area contributed by atoms with E-state index in [1.807, 2.05) is 0 Å². The molecule has 1 saturated heterocycles. The third kappa shape index (κ3) is 2.99. The fourth-order valence-corrected chi connectivity index (χ4v) is 1.42. The van der Waals surface area contributed by atoms with Gasteiger partial charge in [0.15, 0.2) is 0 Å². The minimum atomic E-state index is -3.32. The first-order chi connectivity index (χ1) is 8.62. The lowest BCUT2D eigenvalue weighted by Crippen LogP contribution is -2.38. The van der Waals surface area contributed by atoms with Crippen LogP contribution in [0.2, 0.25) is 0 Å². The average Bonchev–Trinajstić information content (AvgIpc) is 2.22. The highest BCUT2D eigenvalue weighted by Crippen LogP contribution is 2.28. The van der Waals surface area contributed by atoms with Gasteiger partial charge in [0.1, 0.15) is 0 Å². The lowest BCUT2D eigenvalue weighted by Gasteiger charge is -2.31. The van der Waals surface area contributed by atoms with Crippen LogP contribution in [-0.4, -0.2) is 23.8 Å². The van der Waals surface area contributed by atoms with Crippen molar-refractivity contribution in [3.63, 3.8) is 0 Å². The SMILES string of the molecule is [2H]C1([2H])CC(F)(F)CC([2H])([2H])N1Cc1ccccc1. The minimum absolute atomic E-state index is 0.0308. The summed E-state index contributed by atoms with van der Waals surface area (Å²) in [4.78, 5) is 0.882. The molecule has 0 unspecified atom stereocenters. The third-order valence-electron chi connectivity index (χ3n) is 2.24. The minimum Gasteiger partial charge on any atom is -0.299 e. The van der Waals surface area contributed by atoms with Gasteiger partial charge in [0.2, 0.25) is 0 Å². The fourth-order valence-electron chi connectivity index (χ4n) is 1.42. The lowest BCUT2D eigenvalue weighted by molar-refractivity contribution is -0.0566. The second-order valence-corrected chi connectivity index (χ2v) is 3.60. The summed E-state index contributed by atoms with van der Waals surface area (Å²) in [5.74, 6) is -3.32. The van der Waals surface area contributed by atoms with Crippen LogP contribution in [0.15, 0.2) is 30.3 Å². The van der Waals surface area contributed by atoms with E-state index < -0.39 is 31.8 Å². The highest BCUT2D eigenvalue weighted by atomic mass is 19.3. The van der Waals surface area contributed by atoms with Gasteiger partial charge in [-0.3, -0.25) is 4.90 Å². The standard InChI is InChI=1S/C12H15F2N/c13-12(14)6-8-15(9-7-12)10-11-4-2-1-3-5-11/h1-5H,6-10H2/i8D2,9D2. The largest absolute Gasteiger partial charge is 0.299 e. The summed E-state index contributed by atoms with van der Waals surface area (Å²) < 4.78 is 57.7. The number of likely N-dealkylation sites (tertiary alicyclic amines) is 1. The lowest BCUT2D eigenvalue weighted by atomic mass is 10.1. The molecule has 3 heteroatoms. The van der Waals surface area contributed by atoms with Gasteiger partial charge in [-0.2, -0.15) is 0 Å². The molecule has 15 heavy (non-hydrogen) atoms. The Labute approximate surface area is 94.3 Å².